The first-order valence-electron chi connectivity index (χ1n) is 5.68. The van der Waals surface area contributed by atoms with Crippen LogP contribution < -0.4 is 11.1 Å². The van der Waals surface area contributed by atoms with E-state index in [4.69, 9.17) is 10.2 Å². The van der Waals surface area contributed by atoms with Crippen molar-refractivity contribution in [3.8, 4) is 0 Å². The molecule has 0 saturated heterocycles. The standard InChI is InChI=1S/C12H17N3OS/c1-17-7-3-2-6-14-12-15-10-8-9(13)4-5-11(10)16-12/h4-5,8H,2-3,6-7,13H2,1H3,(H,14,15). The van der Waals surface area contributed by atoms with Gasteiger partial charge in [-0.2, -0.15) is 16.7 Å². The summed E-state index contributed by atoms with van der Waals surface area (Å²) in [5.74, 6) is 1.20. The van der Waals surface area contributed by atoms with Gasteiger partial charge in [0.1, 0.15) is 5.52 Å². The minimum absolute atomic E-state index is 0.578. The highest BCUT2D eigenvalue weighted by Crippen LogP contribution is 2.20. The van der Waals surface area contributed by atoms with E-state index in [1.165, 1.54) is 12.2 Å². The highest BCUT2D eigenvalue weighted by atomic mass is 32.2. The Bertz CT molecular complexity index is 484. The number of benzene rings is 1. The van der Waals surface area contributed by atoms with Gasteiger partial charge in [0.05, 0.1) is 0 Å². The van der Waals surface area contributed by atoms with Crippen LogP contribution in [0.15, 0.2) is 22.6 Å². The topological polar surface area (TPSA) is 64.1 Å². The van der Waals surface area contributed by atoms with Crippen molar-refractivity contribution in [1.82, 2.24) is 4.98 Å². The molecule has 0 bridgehead atoms. The first-order valence-corrected chi connectivity index (χ1v) is 7.08. The lowest BCUT2D eigenvalue weighted by Gasteiger charge is -1.99. The molecule has 0 fully saturated rings. The van der Waals surface area contributed by atoms with E-state index < -0.39 is 0 Å². The minimum Gasteiger partial charge on any atom is -0.424 e. The molecule has 0 spiro atoms. The number of nitrogen functional groups attached to an aromatic ring is 1. The van der Waals surface area contributed by atoms with Crippen LogP contribution in [0.4, 0.5) is 11.7 Å². The molecule has 0 unspecified atom stereocenters. The zero-order chi connectivity index (χ0) is 12.1. The molecule has 2 rings (SSSR count). The van der Waals surface area contributed by atoms with Crippen molar-refractivity contribution in [2.24, 2.45) is 0 Å². The second-order valence-corrected chi connectivity index (χ2v) is 4.86. The van der Waals surface area contributed by atoms with Crippen LogP contribution in [0.1, 0.15) is 12.8 Å². The summed E-state index contributed by atoms with van der Waals surface area (Å²) in [7, 11) is 0. The number of unbranched alkanes of at least 4 members (excludes halogenated alkanes) is 1. The molecule has 17 heavy (non-hydrogen) atoms. The number of oxazole rings is 1. The summed E-state index contributed by atoms with van der Waals surface area (Å²) >= 11 is 1.87. The molecule has 2 aromatic rings. The Hall–Kier alpha value is -1.36. The van der Waals surface area contributed by atoms with Crippen LogP contribution in [0, 0.1) is 0 Å². The Balaban J connectivity index is 1.91. The van der Waals surface area contributed by atoms with Gasteiger partial charge in [0.25, 0.3) is 6.01 Å². The summed E-state index contributed by atoms with van der Waals surface area (Å²) in [6.07, 6.45) is 4.46. The summed E-state index contributed by atoms with van der Waals surface area (Å²) in [5.41, 5.74) is 7.96. The smallest absolute Gasteiger partial charge is 0.295 e. The van der Waals surface area contributed by atoms with Crippen molar-refractivity contribution in [1.29, 1.82) is 0 Å². The van der Waals surface area contributed by atoms with Crippen LogP contribution in [0.2, 0.25) is 0 Å². The largest absolute Gasteiger partial charge is 0.424 e. The number of anilines is 2. The van der Waals surface area contributed by atoms with Gasteiger partial charge in [-0.3, -0.25) is 0 Å². The Morgan fingerprint density at radius 1 is 1.41 bits per heavy atom. The molecule has 1 heterocycles. The molecule has 0 radical (unpaired) electrons. The average molecular weight is 251 g/mol. The Morgan fingerprint density at radius 2 is 2.29 bits per heavy atom. The molecule has 0 aliphatic carbocycles. The summed E-state index contributed by atoms with van der Waals surface area (Å²) < 4.78 is 5.55. The quantitative estimate of drug-likeness (QED) is 0.610. The predicted octanol–water partition coefficient (Wildman–Crippen LogP) is 2.97. The second-order valence-electron chi connectivity index (χ2n) is 3.87. The van der Waals surface area contributed by atoms with Crippen molar-refractivity contribution in [3.63, 3.8) is 0 Å². The summed E-state index contributed by atoms with van der Waals surface area (Å²) in [6.45, 7) is 0.892. The molecule has 1 aromatic heterocycles. The fraction of sp³-hybridized carbons (Fsp3) is 0.417. The zero-order valence-electron chi connectivity index (χ0n) is 9.90. The number of aromatic nitrogens is 1. The van der Waals surface area contributed by atoms with Crippen molar-refractivity contribution < 1.29 is 4.42 Å². The van der Waals surface area contributed by atoms with E-state index in [0.29, 0.717) is 11.7 Å². The summed E-state index contributed by atoms with van der Waals surface area (Å²) in [5, 5.41) is 3.18. The molecular weight excluding hydrogens is 234 g/mol. The van der Waals surface area contributed by atoms with E-state index in [-0.39, 0.29) is 0 Å². The van der Waals surface area contributed by atoms with Crippen LogP contribution in [-0.2, 0) is 0 Å². The van der Waals surface area contributed by atoms with E-state index in [1.54, 1.807) is 0 Å². The van der Waals surface area contributed by atoms with Crippen LogP contribution in [0.25, 0.3) is 11.1 Å². The SMILES string of the molecule is CSCCCCNc1nc2cc(N)ccc2o1. The molecule has 0 aliphatic rings. The normalized spacial score (nSPS) is 10.9. The number of hydrogen-bond donors (Lipinski definition) is 2. The van der Waals surface area contributed by atoms with Crippen LogP contribution >= 0.6 is 11.8 Å². The summed E-state index contributed by atoms with van der Waals surface area (Å²) in [6, 6.07) is 6.05. The number of nitrogens with zero attached hydrogens (tertiary/aromatic N) is 1. The molecule has 5 heteroatoms. The third kappa shape index (κ3) is 3.30. The lowest BCUT2D eigenvalue weighted by Crippen LogP contribution is -2.01. The predicted molar refractivity (Wildman–Crippen MR) is 74.5 cm³/mol. The fourth-order valence-corrected chi connectivity index (χ4v) is 2.08. The first-order chi connectivity index (χ1) is 8.29. The fourth-order valence-electron chi connectivity index (χ4n) is 1.59. The number of rotatable bonds is 6. The van der Waals surface area contributed by atoms with Crippen molar-refractivity contribution in [2.75, 3.05) is 29.6 Å². The van der Waals surface area contributed by atoms with Gasteiger partial charge in [0.2, 0.25) is 0 Å². The third-order valence-corrected chi connectivity index (χ3v) is 3.16. The van der Waals surface area contributed by atoms with Gasteiger partial charge in [-0.25, -0.2) is 0 Å². The van der Waals surface area contributed by atoms with E-state index >= 15 is 0 Å². The van der Waals surface area contributed by atoms with E-state index in [0.717, 1.165) is 24.1 Å². The van der Waals surface area contributed by atoms with Crippen LogP contribution in [0.5, 0.6) is 0 Å². The van der Waals surface area contributed by atoms with Crippen molar-refractivity contribution >= 4 is 34.6 Å². The molecule has 0 amide bonds. The van der Waals surface area contributed by atoms with E-state index in [2.05, 4.69) is 16.6 Å². The van der Waals surface area contributed by atoms with Crippen LogP contribution in [-0.4, -0.2) is 23.5 Å². The minimum atomic E-state index is 0.578. The molecule has 4 nitrogen and oxygen atoms in total. The average Bonchev–Trinajstić information content (AvgIpc) is 2.70. The van der Waals surface area contributed by atoms with Gasteiger partial charge in [0.15, 0.2) is 5.58 Å². The highest BCUT2D eigenvalue weighted by molar-refractivity contribution is 7.98. The Labute approximate surface area is 105 Å². The maximum atomic E-state index is 5.68. The van der Waals surface area contributed by atoms with Gasteiger partial charge in [-0.1, -0.05) is 0 Å². The molecule has 0 atom stereocenters. The second kappa shape index (κ2) is 5.82. The number of thioether (sulfide) groups is 1. The molecule has 0 aliphatic heterocycles. The van der Waals surface area contributed by atoms with Crippen molar-refractivity contribution in [2.45, 2.75) is 12.8 Å². The van der Waals surface area contributed by atoms with Gasteiger partial charge < -0.3 is 15.5 Å². The van der Waals surface area contributed by atoms with Gasteiger partial charge in [-0.05, 0) is 43.0 Å². The van der Waals surface area contributed by atoms with Gasteiger partial charge in [-0.15, -0.1) is 0 Å². The van der Waals surface area contributed by atoms with Crippen molar-refractivity contribution in [3.05, 3.63) is 18.2 Å². The number of nitrogens with two attached hydrogens (primary N) is 1. The molecule has 0 saturated carbocycles. The number of nitrogens with one attached hydrogen (secondary N) is 1. The zero-order valence-corrected chi connectivity index (χ0v) is 10.7. The van der Waals surface area contributed by atoms with Crippen LogP contribution in [0.3, 0.4) is 0 Å². The Morgan fingerprint density at radius 3 is 3.12 bits per heavy atom. The number of fused-ring (bicyclic) bond motifs is 1. The Kier molecular flexibility index (Phi) is 4.14. The van der Waals surface area contributed by atoms with E-state index in [1.807, 2.05) is 30.0 Å². The van der Waals surface area contributed by atoms with Gasteiger partial charge in [0, 0.05) is 12.2 Å². The third-order valence-electron chi connectivity index (χ3n) is 2.46. The van der Waals surface area contributed by atoms with Gasteiger partial charge >= 0.3 is 0 Å². The van der Waals surface area contributed by atoms with E-state index in [9.17, 15) is 0 Å². The molecule has 1 aromatic carbocycles. The lowest BCUT2D eigenvalue weighted by atomic mass is 10.3. The lowest BCUT2D eigenvalue weighted by molar-refractivity contribution is 0.612. The monoisotopic (exact) mass is 251 g/mol. The summed E-state index contributed by atoms with van der Waals surface area (Å²) in [4.78, 5) is 4.33. The maximum absolute atomic E-state index is 5.68. The number of hydrogen-bond acceptors (Lipinski definition) is 5. The highest BCUT2D eigenvalue weighted by Gasteiger charge is 2.04. The maximum Gasteiger partial charge on any atom is 0.295 e. The molecule has 3 N–H and O–H groups in total. The molecule has 92 valence electrons. The first kappa shape index (κ1) is 12.1. The molecular formula is C12H17N3OS.